The summed E-state index contributed by atoms with van der Waals surface area (Å²) in [4.78, 5) is 0. The second-order valence-electron chi connectivity index (χ2n) is 3.46. The van der Waals surface area contributed by atoms with Crippen molar-refractivity contribution in [2.75, 3.05) is 0 Å². The molecule has 14 heavy (non-hydrogen) atoms. The molecular weight excluding hydrogens is 383 g/mol. The summed E-state index contributed by atoms with van der Waals surface area (Å²) in [6.45, 7) is 2.26. The lowest BCUT2D eigenvalue weighted by atomic mass is 10.1. The van der Waals surface area contributed by atoms with Gasteiger partial charge in [0, 0.05) is 0 Å². The normalized spacial score (nSPS) is 10.2. The second kappa shape index (κ2) is 7.87. The van der Waals surface area contributed by atoms with Gasteiger partial charge in [-0.1, -0.05) is 32.3 Å². The highest BCUT2D eigenvalue weighted by Gasteiger charge is 2.06. The molecule has 1 aromatic heterocycles. The number of aryl methyl sites for hydroxylation is 1. The van der Waals surface area contributed by atoms with Crippen LogP contribution in [0, 0.1) is 0 Å². The van der Waals surface area contributed by atoms with Crippen LogP contribution in [0.15, 0.2) is 9.85 Å². The van der Waals surface area contributed by atoms with E-state index in [1.807, 2.05) is 11.3 Å². The highest BCUT2D eigenvalue weighted by atomic mass is 127. The van der Waals surface area contributed by atoms with E-state index >= 15 is 0 Å². The third kappa shape index (κ3) is 4.68. The molecule has 0 N–H and O–H groups in total. The van der Waals surface area contributed by atoms with Crippen LogP contribution in [0.2, 0.25) is 0 Å². The summed E-state index contributed by atoms with van der Waals surface area (Å²) in [5.41, 5.74) is 1.55. The summed E-state index contributed by atoms with van der Waals surface area (Å²) in [5.74, 6) is 0. The Hall–Kier alpha value is 1.68. The first-order valence-electron chi connectivity index (χ1n) is 5.11. The molecule has 0 aliphatic carbocycles. The fourth-order valence-corrected chi connectivity index (χ4v) is 6.77. The Bertz CT molecular complexity index is 275. The number of hydrogen-bond acceptors (Lipinski definition) is 1. The van der Waals surface area contributed by atoms with Crippen molar-refractivity contribution < 1.29 is 0 Å². The van der Waals surface area contributed by atoms with E-state index in [2.05, 4.69) is 47.8 Å². The first-order chi connectivity index (χ1) is 6.77. The SMILES string of the molecule is CCCCCCc1c[c]([Mg][I])sc1Br. The van der Waals surface area contributed by atoms with E-state index < -0.39 is 0 Å². The highest BCUT2D eigenvalue weighted by Crippen LogP contribution is 2.24. The molecule has 0 aliphatic heterocycles. The summed E-state index contributed by atoms with van der Waals surface area (Å²) in [6.07, 6.45) is 6.72. The quantitative estimate of drug-likeness (QED) is 0.381. The van der Waals surface area contributed by atoms with Crippen molar-refractivity contribution in [2.45, 2.75) is 39.0 Å². The van der Waals surface area contributed by atoms with Crippen LogP contribution < -0.4 is 3.01 Å². The van der Waals surface area contributed by atoms with Gasteiger partial charge in [0.15, 0.2) is 0 Å². The Kier molecular flexibility index (Phi) is 7.72. The van der Waals surface area contributed by atoms with Gasteiger partial charge < -0.3 is 0 Å². The minimum Gasteiger partial charge on any atom is -0.289 e. The molecule has 0 saturated heterocycles. The lowest BCUT2D eigenvalue weighted by molar-refractivity contribution is 0.667. The van der Waals surface area contributed by atoms with Gasteiger partial charge in [0.25, 0.3) is 0 Å². The smallest absolute Gasteiger partial charge is 0.289 e. The van der Waals surface area contributed by atoms with E-state index in [1.54, 1.807) is 8.57 Å². The number of unbranched alkanes of at least 4 members (excludes halogenated alkanes) is 3. The van der Waals surface area contributed by atoms with Gasteiger partial charge in [-0.2, -0.15) is 11.3 Å². The van der Waals surface area contributed by atoms with Gasteiger partial charge in [0.05, 0.1) is 3.79 Å². The molecule has 0 aliphatic rings. The molecule has 0 amide bonds. The Balaban J connectivity index is 2.38. The minimum absolute atomic E-state index is 0.0164. The first-order valence-corrected chi connectivity index (χ1v) is 12.5. The average Bonchev–Trinajstić information content (AvgIpc) is 2.54. The third-order valence-electron chi connectivity index (χ3n) is 2.24. The van der Waals surface area contributed by atoms with Gasteiger partial charge >= 0.3 is 16.5 Å². The fourth-order valence-electron chi connectivity index (χ4n) is 1.44. The van der Waals surface area contributed by atoms with Gasteiger partial charge in [-0.3, -0.25) is 18.9 Å². The molecule has 0 nitrogen and oxygen atoms in total. The van der Waals surface area contributed by atoms with Crippen molar-refractivity contribution in [3.8, 4) is 0 Å². The Labute approximate surface area is 118 Å². The summed E-state index contributed by atoms with van der Waals surface area (Å²) < 4.78 is 3.01. The molecule has 0 atom stereocenters. The van der Waals surface area contributed by atoms with Crippen LogP contribution in [0.1, 0.15) is 38.2 Å². The number of rotatable bonds is 6. The van der Waals surface area contributed by atoms with E-state index in [9.17, 15) is 0 Å². The Morgan fingerprint density at radius 3 is 2.79 bits per heavy atom. The van der Waals surface area contributed by atoms with Gasteiger partial charge in [-0.15, -0.1) is 3.01 Å². The van der Waals surface area contributed by atoms with Crippen molar-refractivity contribution in [2.24, 2.45) is 0 Å². The predicted molar refractivity (Wildman–Crippen MR) is 79.3 cm³/mol. The van der Waals surface area contributed by atoms with Gasteiger partial charge in [0.1, 0.15) is 0 Å². The molecule has 1 aromatic rings. The molecule has 0 fully saturated rings. The van der Waals surface area contributed by atoms with E-state index in [0.29, 0.717) is 0 Å². The largest absolute Gasteiger partial charge is 0.517 e. The zero-order valence-electron chi connectivity index (χ0n) is 8.48. The van der Waals surface area contributed by atoms with Crippen LogP contribution in [-0.4, -0.2) is 16.5 Å². The standard InChI is InChI=1S/C10H14BrS.HI.Mg/c1-2-3-4-5-6-9-7-8-12-10(9)11;;/h7H,2-6H2,1H3;1H;/q;;+1/p-1. The van der Waals surface area contributed by atoms with Gasteiger partial charge in [-0.25, -0.2) is 0 Å². The van der Waals surface area contributed by atoms with E-state index in [1.165, 1.54) is 35.9 Å². The lowest BCUT2D eigenvalue weighted by Crippen LogP contribution is -1.99. The van der Waals surface area contributed by atoms with Gasteiger partial charge in [-0.05, 0) is 34.3 Å². The molecule has 0 bridgehead atoms. The molecule has 0 spiro atoms. The summed E-state index contributed by atoms with van der Waals surface area (Å²) >= 11 is 8.19. The molecule has 0 unspecified atom stereocenters. The molecule has 0 saturated carbocycles. The maximum atomic E-state index is 3.66. The first kappa shape index (κ1) is 13.7. The molecule has 1 heterocycles. The number of thiophene rings is 1. The van der Waals surface area contributed by atoms with Gasteiger partial charge in [0.2, 0.25) is 0 Å². The van der Waals surface area contributed by atoms with Crippen LogP contribution in [0.25, 0.3) is 0 Å². The Morgan fingerprint density at radius 2 is 2.21 bits per heavy atom. The average molecular weight is 397 g/mol. The second-order valence-corrected chi connectivity index (χ2v) is 9.74. The molecule has 76 valence electrons. The maximum absolute atomic E-state index is 3.66. The van der Waals surface area contributed by atoms with Crippen LogP contribution in [0.5, 0.6) is 0 Å². The van der Waals surface area contributed by atoms with Crippen LogP contribution in [0.4, 0.5) is 0 Å². The minimum atomic E-state index is 0.0164. The molecule has 0 aromatic carbocycles. The molecule has 4 heteroatoms. The topological polar surface area (TPSA) is 0 Å². The Morgan fingerprint density at radius 1 is 1.43 bits per heavy atom. The zero-order chi connectivity index (χ0) is 10.4. The van der Waals surface area contributed by atoms with Crippen molar-refractivity contribution >= 4 is 65.6 Å². The van der Waals surface area contributed by atoms with Crippen LogP contribution in [-0.2, 0) is 6.42 Å². The molecule has 1 rings (SSSR count). The zero-order valence-corrected chi connectivity index (χ0v) is 14.5. The number of halogens is 2. The number of hydrogen-bond donors (Lipinski definition) is 0. The third-order valence-corrected chi connectivity index (χ3v) is 9.41. The highest BCUT2D eigenvalue weighted by molar-refractivity contribution is 14.1. The van der Waals surface area contributed by atoms with Crippen molar-refractivity contribution in [1.29, 1.82) is 0 Å². The van der Waals surface area contributed by atoms with E-state index in [4.69, 9.17) is 0 Å². The van der Waals surface area contributed by atoms with Crippen molar-refractivity contribution in [3.05, 3.63) is 15.4 Å². The van der Waals surface area contributed by atoms with E-state index in [-0.39, 0.29) is 16.5 Å². The molecule has 0 radical (unpaired) electrons. The summed E-state index contributed by atoms with van der Waals surface area (Å²) in [5, 5.41) is 0. The maximum Gasteiger partial charge on any atom is 0.517 e. The fraction of sp³-hybridized carbons (Fsp3) is 0.600. The molecular formula is C10H14BrIMgS. The summed E-state index contributed by atoms with van der Waals surface area (Å²) in [7, 11) is 0. The monoisotopic (exact) mass is 396 g/mol. The predicted octanol–water partition coefficient (Wildman–Crippen LogP) is 4.31. The van der Waals surface area contributed by atoms with E-state index in [0.717, 1.165) is 0 Å². The van der Waals surface area contributed by atoms with Crippen LogP contribution in [0.3, 0.4) is 0 Å². The lowest BCUT2D eigenvalue weighted by Gasteiger charge is -1.98. The van der Waals surface area contributed by atoms with Crippen LogP contribution >= 0.6 is 46.1 Å². The van der Waals surface area contributed by atoms with Crippen molar-refractivity contribution in [3.63, 3.8) is 0 Å². The summed E-state index contributed by atoms with van der Waals surface area (Å²) in [6, 6.07) is 2.42. The van der Waals surface area contributed by atoms with Crippen molar-refractivity contribution in [1.82, 2.24) is 0 Å².